The van der Waals surface area contributed by atoms with Crippen molar-refractivity contribution in [1.82, 2.24) is 31.2 Å². The zero-order valence-corrected chi connectivity index (χ0v) is 32.1. The molecule has 0 spiro atoms. The summed E-state index contributed by atoms with van der Waals surface area (Å²) >= 11 is 0. The minimum Gasteiger partial charge on any atom is -0.443 e. The van der Waals surface area contributed by atoms with Crippen LogP contribution in [0.5, 0.6) is 0 Å². The maximum Gasteiger partial charge on any atom is 0.408 e. The molecule has 0 aliphatic carbocycles. The lowest BCUT2D eigenvalue weighted by molar-refractivity contribution is -0.129. The topological polar surface area (TPSA) is 201 Å². The molecule has 14 nitrogen and oxygen atoms in total. The highest BCUT2D eigenvalue weighted by Crippen LogP contribution is 2.17. The number of benzene rings is 2. The Balaban J connectivity index is 1.53. The molecule has 0 radical (unpaired) electrons. The van der Waals surface area contributed by atoms with E-state index in [1.165, 1.54) is 0 Å². The minimum absolute atomic E-state index is 0.101. The third-order valence-corrected chi connectivity index (χ3v) is 9.03. The van der Waals surface area contributed by atoms with E-state index in [-0.39, 0.29) is 26.1 Å². The van der Waals surface area contributed by atoms with Crippen LogP contribution < -0.4 is 21.3 Å². The Hall–Kier alpha value is -5.86. The molecule has 298 valence electrons. The molecule has 0 aliphatic rings. The van der Waals surface area contributed by atoms with E-state index in [1.54, 1.807) is 76.5 Å². The monoisotopic (exact) mass is 768 g/mol. The number of hydrogen-bond donors (Lipinski definition) is 6. The first-order valence-corrected chi connectivity index (χ1v) is 18.6. The van der Waals surface area contributed by atoms with Crippen LogP contribution in [0.4, 0.5) is 9.59 Å². The van der Waals surface area contributed by atoms with Crippen LogP contribution in [0, 0.1) is 11.8 Å². The fraction of sp³-hybridized carbons (Fsp3) is 0.381. The van der Waals surface area contributed by atoms with E-state index in [2.05, 4.69) is 31.2 Å². The van der Waals surface area contributed by atoms with Gasteiger partial charge in [0.05, 0.1) is 23.5 Å². The first kappa shape index (κ1) is 42.9. The molecule has 0 fully saturated rings. The van der Waals surface area contributed by atoms with Gasteiger partial charge in [-0.05, 0) is 60.1 Å². The minimum atomic E-state index is -1.62. The van der Waals surface area contributed by atoms with Gasteiger partial charge in [-0.25, -0.2) is 9.59 Å². The third kappa shape index (κ3) is 13.8. The van der Waals surface area contributed by atoms with E-state index in [4.69, 9.17) is 9.47 Å². The molecule has 4 rings (SSSR count). The lowest BCUT2D eigenvalue weighted by Crippen LogP contribution is -2.61. The van der Waals surface area contributed by atoms with Crippen molar-refractivity contribution in [3.63, 3.8) is 0 Å². The zero-order valence-electron chi connectivity index (χ0n) is 32.1. The van der Waals surface area contributed by atoms with E-state index in [0.29, 0.717) is 11.4 Å². The summed E-state index contributed by atoms with van der Waals surface area (Å²) in [5.74, 6) is -2.01. The van der Waals surface area contributed by atoms with Gasteiger partial charge in [0.2, 0.25) is 11.8 Å². The standard InChI is InChI=1S/C42H52N6O8/c1-27(2)35(47-41(53)55-25-31-19-11-13-21-43-31)39(51)45-33(23-29-15-7-5-8-16-29)37(49)38(50)34(24-30-17-9-6-10-18-30)46-40(52)36(28(3)4)48-42(54)56-26-32-20-12-14-22-44-32/h5-22,27-28,33-38,49-50H,23-26H2,1-4H3,(H,45,51)(H,46,52)(H,47,53)(H,48,54)/t33-,34-,35?,36?,37-,38-/m0/s1. The van der Waals surface area contributed by atoms with E-state index >= 15 is 0 Å². The molecule has 0 bridgehead atoms. The second-order valence-corrected chi connectivity index (χ2v) is 14.1. The van der Waals surface area contributed by atoms with E-state index < -0.39 is 72.2 Å². The predicted octanol–water partition coefficient (Wildman–Crippen LogP) is 3.86. The van der Waals surface area contributed by atoms with Crippen molar-refractivity contribution in [2.24, 2.45) is 11.8 Å². The Labute approximate surface area is 327 Å². The number of hydrogen-bond acceptors (Lipinski definition) is 10. The second kappa shape index (κ2) is 21.9. The number of alkyl carbamates (subject to hydrolysis) is 2. The van der Waals surface area contributed by atoms with E-state index in [1.807, 2.05) is 60.7 Å². The number of nitrogens with one attached hydrogen (secondary N) is 4. The van der Waals surface area contributed by atoms with Gasteiger partial charge in [0.25, 0.3) is 0 Å². The van der Waals surface area contributed by atoms with Gasteiger partial charge < -0.3 is 41.0 Å². The van der Waals surface area contributed by atoms with Crippen molar-refractivity contribution >= 4 is 24.0 Å². The lowest BCUT2D eigenvalue weighted by atomic mass is 9.90. The van der Waals surface area contributed by atoms with Crippen LogP contribution in [0.1, 0.15) is 50.2 Å². The normalized spacial score (nSPS) is 14.4. The Kier molecular flexibility index (Phi) is 16.8. The first-order valence-electron chi connectivity index (χ1n) is 18.6. The maximum absolute atomic E-state index is 13.9. The number of ether oxygens (including phenoxy) is 2. The maximum atomic E-state index is 13.9. The zero-order chi connectivity index (χ0) is 40.5. The molecule has 6 N–H and O–H groups in total. The predicted molar refractivity (Wildman–Crippen MR) is 209 cm³/mol. The van der Waals surface area contributed by atoms with Gasteiger partial charge in [0.15, 0.2) is 0 Å². The molecule has 0 aliphatic heterocycles. The molecule has 0 saturated carbocycles. The summed E-state index contributed by atoms with van der Waals surface area (Å²) in [6.07, 6.45) is -1.55. The SMILES string of the molecule is CC(C)C(NC(=O)OCc1ccccn1)C(=O)N[C@@H](Cc1ccccc1)[C@H](O)[C@@H](O)[C@H](Cc1ccccc1)NC(=O)C(NC(=O)OCc1ccccn1)C(C)C. The van der Waals surface area contributed by atoms with Gasteiger partial charge in [-0.3, -0.25) is 19.6 Å². The fourth-order valence-electron chi connectivity index (χ4n) is 5.92. The van der Waals surface area contributed by atoms with E-state index in [0.717, 1.165) is 11.1 Å². The summed E-state index contributed by atoms with van der Waals surface area (Å²) in [7, 11) is 0. The number of rotatable bonds is 19. The number of carbonyl (C=O) groups is 4. The van der Waals surface area contributed by atoms with Crippen LogP contribution >= 0.6 is 0 Å². The number of pyridine rings is 2. The molecule has 2 aromatic heterocycles. The molecule has 2 heterocycles. The molecule has 56 heavy (non-hydrogen) atoms. The van der Waals surface area contributed by atoms with Crippen LogP contribution in [0.25, 0.3) is 0 Å². The highest BCUT2D eigenvalue weighted by atomic mass is 16.6. The largest absolute Gasteiger partial charge is 0.443 e. The average Bonchev–Trinajstić information content (AvgIpc) is 3.20. The van der Waals surface area contributed by atoms with Crippen molar-refractivity contribution in [2.45, 2.75) is 90.1 Å². The Bertz CT molecular complexity index is 1670. The summed E-state index contributed by atoms with van der Waals surface area (Å²) in [6.45, 7) is 6.79. The van der Waals surface area contributed by atoms with Crippen molar-refractivity contribution in [1.29, 1.82) is 0 Å². The number of aliphatic hydroxyl groups is 2. The number of carbonyl (C=O) groups excluding carboxylic acids is 4. The first-order chi connectivity index (χ1) is 26.9. The molecule has 2 unspecified atom stereocenters. The van der Waals surface area contributed by atoms with Gasteiger partial charge in [-0.15, -0.1) is 0 Å². The van der Waals surface area contributed by atoms with Crippen LogP contribution in [-0.4, -0.2) is 80.6 Å². The van der Waals surface area contributed by atoms with Gasteiger partial charge in [0, 0.05) is 12.4 Å². The third-order valence-electron chi connectivity index (χ3n) is 9.03. The van der Waals surface area contributed by atoms with E-state index in [9.17, 15) is 29.4 Å². The molecular formula is C42H52N6O8. The van der Waals surface area contributed by atoms with Crippen LogP contribution in [0.2, 0.25) is 0 Å². The molecule has 4 amide bonds. The van der Waals surface area contributed by atoms with Crippen LogP contribution in [0.15, 0.2) is 109 Å². The average molecular weight is 769 g/mol. The Morgan fingerprint density at radius 3 is 1.21 bits per heavy atom. The van der Waals surface area contributed by atoms with Gasteiger partial charge in [-0.2, -0.15) is 0 Å². The second-order valence-electron chi connectivity index (χ2n) is 14.1. The van der Waals surface area contributed by atoms with Crippen LogP contribution in [-0.2, 0) is 45.1 Å². The summed E-state index contributed by atoms with van der Waals surface area (Å²) in [5, 5.41) is 34.7. The smallest absolute Gasteiger partial charge is 0.408 e. The molecule has 4 aromatic rings. The Morgan fingerprint density at radius 1 is 0.536 bits per heavy atom. The molecular weight excluding hydrogens is 716 g/mol. The van der Waals surface area contributed by atoms with Gasteiger partial charge in [0.1, 0.15) is 37.5 Å². The molecule has 2 aromatic carbocycles. The number of aromatic nitrogens is 2. The van der Waals surface area contributed by atoms with Crippen molar-refractivity contribution in [3.05, 3.63) is 132 Å². The fourth-order valence-corrected chi connectivity index (χ4v) is 5.92. The van der Waals surface area contributed by atoms with Crippen molar-refractivity contribution < 1.29 is 38.9 Å². The van der Waals surface area contributed by atoms with Crippen molar-refractivity contribution in [3.8, 4) is 0 Å². The summed E-state index contributed by atoms with van der Waals surface area (Å²) < 4.78 is 10.6. The lowest BCUT2D eigenvalue weighted by Gasteiger charge is -2.35. The summed E-state index contributed by atoms with van der Waals surface area (Å²) in [5.41, 5.74) is 2.57. The molecule has 0 saturated heterocycles. The quantitative estimate of drug-likeness (QED) is 0.0814. The summed E-state index contributed by atoms with van der Waals surface area (Å²) in [6, 6.07) is 24.3. The number of aliphatic hydroxyl groups excluding tert-OH is 2. The molecule has 14 heteroatoms. The Morgan fingerprint density at radius 2 is 0.893 bits per heavy atom. The van der Waals surface area contributed by atoms with Crippen LogP contribution in [0.3, 0.4) is 0 Å². The van der Waals surface area contributed by atoms with Gasteiger partial charge in [-0.1, -0.05) is 100 Å². The van der Waals surface area contributed by atoms with Gasteiger partial charge >= 0.3 is 12.2 Å². The number of amides is 4. The summed E-state index contributed by atoms with van der Waals surface area (Å²) in [4.78, 5) is 61.6. The molecule has 6 atom stereocenters. The highest BCUT2D eigenvalue weighted by molar-refractivity contribution is 5.87. The number of nitrogens with zero attached hydrogens (tertiary/aromatic N) is 2. The highest BCUT2D eigenvalue weighted by Gasteiger charge is 2.37. The van der Waals surface area contributed by atoms with Crippen molar-refractivity contribution in [2.75, 3.05) is 0 Å².